The van der Waals surface area contributed by atoms with Gasteiger partial charge in [0.25, 0.3) is 5.91 Å². The van der Waals surface area contributed by atoms with Crippen molar-refractivity contribution in [1.82, 2.24) is 15.2 Å². The Hall–Kier alpha value is -2.60. The normalized spacial score (nSPS) is 21.4. The second kappa shape index (κ2) is 8.15. The number of hydrogen-bond donors (Lipinski definition) is 1. The van der Waals surface area contributed by atoms with Crippen LogP contribution in [0.25, 0.3) is 10.2 Å². The Morgan fingerprint density at radius 3 is 2.55 bits per heavy atom. The quantitative estimate of drug-likeness (QED) is 0.739. The summed E-state index contributed by atoms with van der Waals surface area (Å²) < 4.78 is 56.6. The number of fused-ring (bicyclic) bond motifs is 1. The molecule has 4 rings (SSSR count). The number of carbonyl (C=O) groups excluding carboxylic acids is 2. The van der Waals surface area contributed by atoms with Gasteiger partial charge in [-0.1, -0.05) is 0 Å². The number of amides is 2. The van der Waals surface area contributed by atoms with Gasteiger partial charge in [0.05, 0.1) is 40.5 Å². The van der Waals surface area contributed by atoms with E-state index in [1.165, 1.54) is 17.3 Å². The molecule has 168 valence electrons. The van der Waals surface area contributed by atoms with Crippen LogP contribution in [0.3, 0.4) is 0 Å². The van der Waals surface area contributed by atoms with E-state index in [2.05, 4.69) is 10.3 Å². The molecule has 2 aromatic heterocycles. The topological polar surface area (TPSA) is 90.0 Å². The van der Waals surface area contributed by atoms with Gasteiger partial charge in [-0.2, -0.15) is 13.2 Å². The van der Waals surface area contributed by atoms with Gasteiger partial charge in [0, 0.05) is 38.4 Å². The van der Waals surface area contributed by atoms with E-state index in [0.717, 1.165) is 17.4 Å². The van der Waals surface area contributed by atoms with E-state index in [1.807, 2.05) is 0 Å². The molecule has 1 aliphatic heterocycles. The van der Waals surface area contributed by atoms with E-state index in [4.69, 9.17) is 14.2 Å². The average Bonchev–Trinajstić information content (AvgIpc) is 3.07. The fraction of sp³-hybridized carbons (Fsp3) is 0.526. The zero-order chi connectivity index (χ0) is 22.3. The van der Waals surface area contributed by atoms with Crippen LogP contribution in [0.15, 0.2) is 11.4 Å². The van der Waals surface area contributed by atoms with Crippen molar-refractivity contribution in [3.8, 4) is 5.88 Å². The first-order valence-corrected chi connectivity index (χ1v) is 10.4. The molecule has 1 aliphatic carbocycles. The minimum Gasteiger partial charge on any atom is -0.474 e. The van der Waals surface area contributed by atoms with Gasteiger partial charge in [-0.3, -0.25) is 4.79 Å². The number of nitrogens with one attached hydrogen (secondary N) is 1. The molecule has 1 saturated carbocycles. The maximum Gasteiger partial charge on any atom is 0.418 e. The number of nitrogens with zero attached hydrogens (tertiary/aromatic N) is 2. The number of hydrogen-bond acceptors (Lipinski definition) is 7. The number of methoxy groups -OCH3 is 1. The van der Waals surface area contributed by atoms with Crippen molar-refractivity contribution >= 4 is 33.6 Å². The second-order valence-electron chi connectivity index (χ2n) is 7.39. The van der Waals surface area contributed by atoms with Crippen molar-refractivity contribution in [3.05, 3.63) is 22.6 Å². The highest BCUT2D eigenvalue weighted by molar-refractivity contribution is 7.17. The summed E-state index contributed by atoms with van der Waals surface area (Å²) in [6.07, 6.45) is -5.16. The van der Waals surface area contributed by atoms with Crippen molar-refractivity contribution in [2.45, 2.75) is 37.3 Å². The van der Waals surface area contributed by atoms with E-state index >= 15 is 0 Å². The Kier molecular flexibility index (Phi) is 5.69. The SMILES string of the molecule is CNC(=O)c1csc2c(C(F)(F)F)cc(O[C@H]3C[C@@H](OC(=O)N4CC(OC)C4)C3)nc12. The molecule has 2 aliphatic rings. The molecule has 2 aromatic rings. The Balaban J connectivity index is 1.43. The van der Waals surface area contributed by atoms with Gasteiger partial charge in [-0.25, -0.2) is 9.78 Å². The van der Waals surface area contributed by atoms with Gasteiger partial charge in [0.1, 0.15) is 12.2 Å². The molecule has 0 radical (unpaired) electrons. The van der Waals surface area contributed by atoms with Crippen molar-refractivity contribution in [1.29, 1.82) is 0 Å². The van der Waals surface area contributed by atoms with Crippen LogP contribution in [-0.4, -0.2) is 67.4 Å². The maximum absolute atomic E-state index is 13.5. The Morgan fingerprint density at radius 1 is 1.23 bits per heavy atom. The van der Waals surface area contributed by atoms with Crippen molar-refractivity contribution in [2.24, 2.45) is 0 Å². The Morgan fingerprint density at radius 2 is 1.94 bits per heavy atom. The Labute approximate surface area is 179 Å². The number of pyridine rings is 1. The third-order valence-corrected chi connectivity index (χ3v) is 6.32. The molecule has 0 bridgehead atoms. The van der Waals surface area contributed by atoms with E-state index in [1.54, 1.807) is 7.11 Å². The zero-order valence-corrected chi connectivity index (χ0v) is 17.5. The minimum atomic E-state index is -4.63. The van der Waals surface area contributed by atoms with Crippen molar-refractivity contribution < 1.29 is 37.0 Å². The second-order valence-corrected chi connectivity index (χ2v) is 8.27. The highest BCUT2D eigenvalue weighted by Crippen LogP contribution is 2.41. The molecule has 3 heterocycles. The van der Waals surface area contributed by atoms with Gasteiger partial charge < -0.3 is 24.4 Å². The number of ether oxygens (including phenoxy) is 3. The van der Waals surface area contributed by atoms with Crippen molar-refractivity contribution in [3.63, 3.8) is 0 Å². The van der Waals surface area contributed by atoms with Crippen LogP contribution in [-0.2, 0) is 15.7 Å². The van der Waals surface area contributed by atoms with E-state index < -0.39 is 29.8 Å². The molecule has 1 N–H and O–H groups in total. The van der Waals surface area contributed by atoms with Crippen LogP contribution >= 0.6 is 11.3 Å². The standard InChI is InChI=1S/C19H20F3N3O5S/c1-23-17(26)12-8-31-16-13(19(20,21)22)5-14(24-15(12)16)29-9-3-10(4-9)30-18(27)25-6-11(7-25)28-2/h5,8-11H,3-4,6-7H2,1-2H3,(H,23,26)/t9-,10+. The Bertz CT molecular complexity index is 1000. The van der Waals surface area contributed by atoms with Crippen LogP contribution in [0.5, 0.6) is 5.88 Å². The molecule has 0 aromatic carbocycles. The van der Waals surface area contributed by atoms with Gasteiger partial charge in [0.15, 0.2) is 0 Å². The summed E-state index contributed by atoms with van der Waals surface area (Å²) in [7, 11) is 2.97. The van der Waals surface area contributed by atoms with Crippen LogP contribution in [0.1, 0.15) is 28.8 Å². The lowest BCUT2D eigenvalue weighted by Gasteiger charge is -2.40. The third kappa shape index (κ3) is 4.26. The first kappa shape index (κ1) is 21.6. The van der Waals surface area contributed by atoms with Gasteiger partial charge >= 0.3 is 12.3 Å². The number of halogens is 3. The first-order valence-electron chi connectivity index (χ1n) is 9.56. The molecular weight excluding hydrogens is 439 g/mol. The largest absolute Gasteiger partial charge is 0.474 e. The number of aromatic nitrogens is 1. The fourth-order valence-corrected chi connectivity index (χ4v) is 4.41. The van der Waals surface area contributed by atoms with Crippen LogP contribution in [0.2, 0.25) is 0 Å². The van der Waals surface area contributed by atoms with Gasteiger partial charge in [-0.05, 0) is 0 Å². The summed E-state index contributed by atoms with van der Waals surface area (Å²) in [6.45, 7) is 0.945. The first-order chi connectivity index (χ1) is 14.7. The van der Waals surface area contributed by atoms with Crippen LogP contribution in [0, 0.1) is 0 Å². The molecule has 0 unspecified atom stereocenters. The van der Waals surface area contributed by atoms with E-state index in [0.29, 0.717) is 25.9 Å². The molecule has 0 spiro atoms. The summed E-state index contributed by atoms with van der Waals surface area (Å²) in [5.41, 5.74) is -0.898. The third-order valence-electron chi connectivity index (χ3n) is 5.32. The smallest absolute Gasteiger partial charge is 0.418 e. The lowest BCUT2D eigenvalue weighted by molar-refractivity contribution is -0.136. The summed E-state index contributed by atoms with van der Waals surface area (Å²) in [4.78, 5) is 29.7. The molecular formula is C19H20F3N3O5S. The molecule has 31 heavy (non-hydrogen) atoms. The summed E-state index contributed by atoms with van der Waals surface area (Å²) in [6, 6.07) is 0.844. The molecule has 1 saturated heterocycles. The highest BCUT2D eigenvalue weighted by Gasteiger charge is 2.39. The summed E-state index contributed by atoms with van der Waals surface area (Å²) >= 11 is 0.808. The molecule has 12 heteroatoms. The zero-order valence-electron chi connectivity index (χ0n) is 16.7. The average molecular weight is 459 g/mol. The minimum absolute atomic E-state index is 0.0191. The predicted octanol–water partition coefficient (Wildman–Crippen LogP) is 3.05. The molecule has 0 atom stereocenters. The summed E-state index contributed by atoms with van der Waals surface area (Å²) in [5, 5.41) is 3.74. The molecule has 8 nitrogen and oxygen atoms in total. The van der Waals surface area contributed by atoms with Crippen molar-refractivity contribution in [2.75, 3.05) is 27.2 Å². The maximum atomic E-state index is 13.5. The number of likely N-dealkylation sites (tertiary alicyclic amines) is 1. The molecule has 2 fully saturated rings. The van der Waals surface area contributed by atoms with E-state index in [-0.39, 0.29) is 33.9 Å². The predicted molar refractivity (Wildman–Crippen MR) is 104 cm³/mol. The molecule has 2 amide bonds. The monoisotopic (exact) mass is 459 g/mol. The van der Waals surface area contributed by atoms with E-state index in [9.17, 15) is 22.8 Å². The lowest BCUT2D eigenvalue weighted by Crippen LogP contribution is -2.56. The lowest BCUT2D eigenvalue weighted by atomic mass is 9.92. The van der Waals surface area contributed by atoms with Gasteiger partial charge in [0.2, 0.25) is 5.88 Å². The van der Waals surface area contributed by atoms with Gasteiger partial charge in [-0.15, -0.1) is 11.3 Å². The number of alkyl halides is 3. The number of rotatable bonds is 5. The van der Waals surface area contributed by atoms with Crippen LogP contribution < -0.4 is 10.1 Å². The number of thiophene rings is 1. The highest BCUT2D eigenvalue weighted by atomic mass is 32.1. The number of carbonyl (C=O) groups is 2. The summed E-state index contributed by atoms with van der Waals surface area (Å²) in [5.74, 6) is -0.745. The van der Waals surface area contributed by atoms with Crippen LogP contribution in [0.4, 0.5) is 18.0 Å². The fourth-order valence-electron chi connectivity index (χ4n) is 3.39.